The summed E-state index contributed by atoms with van der Waals surface area (Å²) in [4.78, 5) is 0. The molecule has 1 aliphatic rings. The lowest BCUT2D eigenvalue weighted by molar-refractivity contribution is 0.357. The molecule has 0 unspecified atom stereocenters. The fourth-order valence-electron chi connectivity index (χ4n) is 2.80. The molecule has 2 aromatic carbocycles. The summed E-state index contributed by atoms with van der Waals surface area (Å²) >= 11 is 0. The molecule has 0 saturated carbocycles. The lowest BCUT2D eigenvalue weighted by atomic mass is 10.0. The number of aryl methyl sites for hydroxylation is 1. The number of fused-ring (bicyclic) bond motifs is 1. The zero-order chi connectivity index (χ0) is 13.9. The standard InChI is InChI=1S/C18H21NO/c1-13-5-3-4-6-17(13)14(2)19-12-15-7-8-18-16(11-15)9-10-20-18/h3-8,11,14,19H,9-10,12H2,1-2H3/t14-/m0/s1. The van der Waals surface area contributed by atoms with Crippen LogP contribution >= 0.6 is 0 Å². The molecule has 0 aliphatic carbocycles. The largest absolute Gasteiger partial charge is 0.493 e. The SMILES string of the molecule is Cc1ccccc1[C@H](C)NCc1ccc2c(c1)CCO2. The van der Waals surface area contributed by atoms with Crippen molar-refractivity contribution in [2.24, 2.45) is 0 Å². The van der Waals surface area contributed by atoms with Crippen molar-refractivity contribution in [2.75, 3.05) is 6.61 Å². The number of rotatable bonds is 4. The maximum atomic E-state index is 5.54. The molecule has 1 N–H and O–H groups in total. The first-order chi connectivity index (χ1) is 9.74. The van der Waals surface area contributed by atoms with E-state index in [1.165, 1.54) is 22.3 Å². The second-order valence-corrected chi connectivity index (χ2v) is 5.50. The highest BCUT2D eigenvalue weighted by molar-refractivity contribution is 5.39. The van der Waals surface area contributed by atoms with E-state index in [0.717, 1.165) is 25.3 Å². The summed E-state index contributed by atoms with van der Waals surface area (Å²) in [5.41, 5.74) is 5.38. The third kappa shape index (κ3) is 2.70. The van der Waals surface area contributed by atoms with Gasteiger partial charge in [-0.15, -0.1) is 0 Å². The van der Waals surface area contributed by atoms with Crippen LogP contribution in [0.2, 0.25) is 0 Å². The molecule has 0 bridgehead atoms. The maximum Gasteiger partial charge on any atom is 0.122 e. The normalized spacial score (nSPS) is 14.7. The van der Waals surface area contributed by atoms with Crippen molar-refractivity contribution >= 4 is 0 Å². The smallest absolute Gasteiger partial charge is 0.122 e. The fraction of sp³-hybridized carbons (Fsp3) is 0.333. The van der Waals surface area contributed by atoms with Gasteiger partial charge in [0, 0.05) is 19.0 Å². The van der Waals surface area contributed by atoms with E-state index in [4.69, 9.17) is 4.74 Å². The van der Waals surface area contributed by atoms with Crippen molar-refractivity contribution in [1.82, 2.24) is 5.32 Å². The van der Waals surface area contributed by atoms with Crippen molar-refractivity contribution < 1.29 is 4.74 Å². The summed E-state index contributed by atoms with van der Waals surface area (Å²) in [5, 5.41) is 3.61. The predicted molar refractivity (Wildman–Crippen MR) is 82.1 cm³/mol. The van der Waals surface area contributed by atoms with E-state index in [-0.39, 0.29) is 0 Å². The Balaban J connectivity index is 1.66. The van der Waals surface area contributed by atoms with Crippen LogP contribution < -0.4 is 10.1 Å². The van der Waals surface area contributed by atoms with Gasteiger partial charge in [-0.25, -0.2) is 0 Å². The zero-order valence-electron chi connectivity index (χ0n) is 12.1. The molecule has 1 atom stereocenters. The highest BCUT2D eigenvalue weighted by Gasteiger charge is 2.12. The molecule has 0 amide bonds. The summed E-state index contributed by atoms with van der Waals surface area (Å²) in [6.07, 6.45) is 1.04. The Bertz CT molecular complexity index is 606. The van der Waals surface area contributed by atoms with Gasteiger partial charge in [0.15, 0.2) is 0 Å². The average molecular weight is 267 g/mol. The van der Waals surface area contributed by atoms with Crippen LogP contribution in [0.4, 0.5) is 0 Å². The van der Waals surface area contributed by atoms with E-state index in [0.29, 0.717) is 6.04 Å². The van der Waals surface area contributed by atoms with Gasteiger partial charge in [-0.3, -0.25) is 0 Å². The Kier molecular flexibility index (Phi) is 3.75. The second-order valence-electron chi connectivity index (χ2n) is 5.50. The minimum Gasteiger partial charge on any atom is -0.493 e. The lowest BCUT2D eigenvalue weighted by Gasteiger charge is -2.17. The fourth-order valence-corrected chi connectivity index (χ4v) is 2.80. The van der Waals surface area contributed by atoms with Crippen LogP contribution in [0.1, 0.15) is 35.2 Å². The Morgan fingerprint density at radius 3 is 2.90 bits per heavy atom. The molecule has 1 heterocycles. The van der Waals surface area contributed by atoms with Gasteiger partial charge in [0.2, 0.25) is 0 Å². The number of benzene rings is 2. The van der Waals surface area contributed by atoms with E-state index in [1.54, 1.807) is 0 Å². The van der Waals surface area contributed by atoms with Crippen LogP contribution in [-0.2, 0) is 13.0 Å². The molecule has 3 rings (SSSR count). The molecular weight excluding hydrogens is 246 g/mol. The Morgan fingerprint density at radius 2 is 2.05 bits per heavy atom. The molecule has 104 valence electrons. The Labute approximate surface area is 120 Å². The van der Waals surface area contributed by atoms with Gasteiger partial charge in [0.25, 0.3) is 0 Å². The molecule has 0 spiro atoms. The van der Waals surface area contributed by atoms with Crippen molar-refractivity contribution in [3.63, 3.8) is 0 Å². The monoisotopic (exact) mass is 267 g/mol. The van der Waals surface area contributed by atoms with Crippen molar-refractivity contribution in [1.29, 1.82) is 0 Å². The van der Waals surface area contributed by atoms with Gasteiger partial charge in [-0.2, -0.15) is 0 Å². The van der Waals surface area contributed by atoms with Gasteiger partial charge in [-0.1, -0.05) is 36.4 Å². The average Bonchev–Trinajstić information content (AvgIpc) is 2.92. The number of nitrogens with one attached hydrogen (secondary N) is 1. The third-order valence-electron chi connectivity index (χ3n) is 4.02. The van der Waals surface area contributed by atoms with Crippen LogP contribution in [0.25, 0.3) is 0 Å². The highest BCUT2D eigenvalue weighted by Crippen LogP contribution is 2.26. The highest BCUT2D eigenvalue weighted by atomic mass is 16.5. The summed E-state index contributed by atoms with van der Waals surface area (Å²) in [6, 6.07) is 15.4. The lowest BCUT2D eigenvalue weighted by Crippen LogP contribution is -2.18. The Hall–Kier alpha value is -1.80. The van der Waals surface area contributed by atoms with E-state index in [1.807, 2.05) is 0 Å². The molecule has 20 heavy (non-hydrogen) atoms. The first kappa shape index (κ1) is 13.2. The summed E-state index contributed by atoms with van der Waals surface area (Å²) in [7, 11) is 0. The van der Waals surface area contributed by atoms with Crippen molar-refractivity contribution in [3.05, 3.63) is 64.7 Å². The van der Waals surface area contributed by atoms with Gasteiger partial charge < -0.3 is 10.1 Å². The van der Waals surface area contributed by atoms with Crippen molar-refractivity contribution in [3.8, 4) is 5.75 Å². The number of hydrogen-bond acceptors (Lipinski definition) is 2. The van der Waals surface area contributed by atoms with Gasteiger partial charge >= 0.3 is 0 Å². The van der Waals surface area contributed by atoms with E-state index in [2.05, 4.69) is 61.6 Å². The topological polar surface area (TPSA) is 21.3 Å². The molecule has 1 aliphatic heterocycles. The van der Waals surface area contributed by atoms with Gasteiger partial charge in [0.1, 0.15) is 5.75 Å². The van der Waals surface area contributed by atoms with Crippen LogP contribution in [0.15, 0.2) is 42.5 Å². The van der Waals surface area contributed by atoms with Gasteiger partial charge in [-0.05, 0) is 42.2 Å². The summed E-state index contributed by atoms with van der Waals surface area (Å²) in [6.45, 7) is 6.10. The number of ether oxygens (including phenoxy) is 1. The molecule has 0 fully saturated rings. The number of hydrogen-bond donors (Lipinski definition) is 1. The quantitative estimate of drug-likeness (QED) is 0.910. The van der Waals surface area contributed by atoms with Crippen molar-refractivity contribution in [2.45, 2.75) is 32.9 Å². The van der Waals surface area contributed by atoms with Crippen LogP contribution in [0, 0.1) is 6.92 Å². The Morgan fingerprint density at radius 1 is 1.20 bits per heavy atom. The van der Waals surface area contributed by atoms with E-state index >= 15 is 0 Å². The third-order valence-corrected chi connectivity index (χ3v) is 4.02. The molecule has 0 radical (unpaired) electrons. The first-order valence-corrected chi connectivity index (χ1v) is 7.27. The van der Waals surface area contributed by atoms with E-state index in [9.17, 15) is 0 Å². The summed E-state index contributed by atoms with van der Waals surface area (Å²) in [5.74, 6) is 1.06. The van der Waals surface area contributed by atoms with Crippen LogP contribution in [0.3, 0.4) is 0 Å². The second kappa shape index (κ2) is 5.68. The predicted octanol–water partition coefficient (Wildman–Crippen LogP) is 3.78. The molecule has 0 aromatic heterocycles. The molecule has 2 heteroatoms. The maximum absolute atomic E-state index is 5.54. The molecular formula is C18H21NO. The molecule has 2 nitrogen and oxygen atoms in total. The minimum absolute atomic E-state index is 0.362. The van der Waals surface area contributed by atoms with Crippen LogP contribution in [0.5, 0.6) is 5.75 Å². The molecule has 2 aromatic rings. The zero-order valence-corrected chi connectivity index (χ0v) is 12.1. The molecule has 0 saturated heterocycles. The van der Waals surface area contributed by atoms with Gasteiger partial charge in [0.05, 0.1) is 6.61 Å². The van der Waals surface area contributed by atoms with Crippen LogP contribution in [-0.4, -0.2) is 6.61 Å². The summed E-state index contributed by atoms with van der Waals surface area (Å²) < 4.78 is 5.54. The minimum atomic E-state index is 0.362. The first-order valence-electron chi connectivity index (χ1n) is 7.27. The van der Waals surface area contributed by atoms with E-state index < -0.39 is 0 Å².